The van der Waals surface area contributed by atoms with Crippen LogP contribution in [0.1, 0.15) is 5.56 Å². The van der Waals surface area contributed by atoms with Gasteiger partial charge in [0, 0.05) is 33.5 Å². The van der Waals surface area contributed by atoms with E-state index in [1.165, 1.54) is 99.5 Å². The number of fused-ring (bicyclic) bond motifs is 8. The molecule has 0 saturated carbocycles. The van der Waals surface area contributed by atoms with Crippen molar-refractivity contribution in [2.24, 2.45) is 0 Å². The standard InChI is InChI=1S/C41H25BN2/c1-24-22-35-40-36(23-24)44-34-21-18-25-10-9-15-29-27-13-5-6-14-28(27)30-19-20-32(41(44)38(30)39(34)37(25)29)42(40)31-16-7-8-17-33(31)43(35)26-11-3-2-4-12-26/h2-23H,1H3. The molecular formula is C41H25BN2. The van der Waals surface area contributed by atoms with Crippen LogP contribution in [0.2, 0.25) is 0 Å². The summed E-state index contributed by atoms with van der Waals surface area (Å²) in [5, 5.41) is 5.43. The maximum atomic E-state index is 2.60. The number of benzene rings is 7. The summed E-state index contributed by atoms with van der Waals surface area (Å²) in [5.74, 6) is 0. The first-order valence-electron chi connectivity index (χ1n) is 15.5. The van der Waals surface area contributed by atoms with Crippen LogP contribution in [0.25, 0.3) is 60.5 Å². The highest BCUT2D eigenvalue weighted by molar-refractivity contribution is 7.00. The number of anilines is 3. The van der Waals surface area contributed by atoms with Crippen molar-refractivity contribution in [2.45, 2.75) is 6.92 Å². The van der Waals surface area contributed by atoms with E-state index in [1.807, 2.05) is 0 Å². The Hall–Kier alpha value is -5.54. The van der Waals surface area contributed by atoms with Crippen LogP contribution < -0.4 is 21.3 Å². The molecule has 3 aliphatic rings. The van der Waals surface area contributed by atoms with E-state index in [4.69, 9.17) is 0 Å². The number of hydrogen-bond donors (Lipinski definition) is 0. The Labute approximate surface area is 255 Å². The topological polar surface area (TPSA) is 8.17 Å². The van der Waals surface area contributed by atoms with Crippen LogP contribution in [0.4, 0.5) is 17.1 Å². The molecule has 0 saturated heterocycles. The minimum atomic E-state index is 0.145. The lowest BCUT2D eigenvalue weighted by atomic mass is 9.33. The normalized spacial score (nSPS) is 13.5. The van der Waals surface area contributed by atoms with Gasteiger partial charge in [0.2, 0.25) is 0 Å². The minimum absolute atomic E-state index is 0.145. The molecular weight excluding hydrogens is 531 g/mol. The zero-order chi connectivity index (χ0) is 28.7. The Balaban J connectivity index is 1.38. The van der Waals surface area contributed by atoms with Crippen molar-refractivity contribution in [1.82, 2.24) is 4.57 Å². The van der Waals surface area contributed by atoms with Crippen molar-refractivity contribution in [3.05, 3.63) is 139 Å². The third-order valence-electron chi connectivity index (χ3n) is 10.3. The zero-order valence-corrected chi connectivity index (χ0v) is 24.2. The second-order valence-corrected chi connectivity index (χ2v) is 12.5. The van der Waals surface area contributed by atoms with Gasteiger partial charge in [-0.3, -0.25) is 0 Å². The Bertz CT molecular complexity index is 2580. The van der Waals surface area contributed by atoms with Gasteiger partial charge in [0.05, 0.1) is 11.0 Å². The Morgan fingerprint density at radius 3 is 2.09 bits per heavy atom. The minimum Gasteiger partial charge on any atom is -0.311 e. The molecule has 11 rings (SSSR count). The second kappa shape index (κ2) is 7.89. The van der Waals surface area contributed by atoms with Crippen LogP contribution in [-0.4, -0.2) is 11.3 Å². The summed E-state index contributed by atoms with van der Waals surface area (Å²) in [7, 11) is 0. The van der Waals surface area contributed by atoms with E-state index < -0.39 is 0 Å². The molecule has 2 aliphatic heterocycles. The largest absolute Gasteiger partial charge is 0.311 e. The first kappa shape index (κ1) is 23.0. The van der Waals surface area contributed by atoms with Gasteiger partial charge in [-0.15, -0.1) is 0 Å². The summed E-state index contributed by atoms with van der Waals surface area (Å²) in [6, 6.07) is 50.0. The molecule has 3 heteroatoms. The molecule has 2 nitrogen and oxygen atoms in total. The maximum absolute atomic E-state index is 2.60. The molecule has 1 aliphatic carbocycles. The van der Waals surface area contributed by atoms with Crippen LogP contribution in [0.5, 0.6) is 0 Å². The van der Waals surface area contributed by atoms with Gasteiger partial charge >= 0.3 is 0 Å². The SMILES string of the molecule is Cc1cc2c3c(c1)-n1c4ccc5cccc6c5c4c4c(ccc(c41)B3c1ccccc1N2c1ccccc1)-c1ccccc1-6. The number of para-hydroxylation sites is 2. The van der Waals surface area contributed by atoms with E-state index in [0.29, 0.717) is 0 Å². The molecule has 0 spiro atoms. The quantitative estimate of drug-likeness (QED) is 0.184. The van der Waals surface area contributed by atoms with Gasteiger partial charge in [0.15, 0.2) is 0 Å². The summed E-state index contributed by atoms with van der Waals surface area (Å²) >= 11 is 0. The van der Waals surface area contributed by atoms with Gasteiger partial charge in [-0.1, -0.05) is 97.1 Å². The third kappa shape index (κ3) is 2.61. The molecule has 8 aromatic rings. The molecule has 0 unspecified atom stereocenters. The van der Waals surface area contributed by atoms with Crippen molar-refractivity contribution in [1.29, 1.82) is 0 Å². The van der Waals surface area contributed by atoms with E-state index >= 15 is 0 Å². The predicted molar refractivity (Wildman–Crippen MR) is 187 cm³/mol. The zero-order valence-electron chi connectivity index (χ0n) is 24.2. The molecule has 44 heavy (non-hydrogen) atoms. The van der Waals surface area contributed by atoms with Crippen LogP contribution >= 0.6 is 0 Å². The molecule has 1 aromatic heterocycles. The summed E-state index contributed by atoms with van der Waals surface area (Å²) in [5.41, 5.74) is 18.4. The first-order valence-corrected chi connectivity index (χ1v) is 15.5. The van der Waals surface area contributed by atoms with Crippen LogP contribution in [0.3, 0.4) is 0 Å². The predicted octanol–water partition coefficient (Wildman–Crippen LogP) is 8.51. The van der Waals surface area contributed by atoms with E-state index in [0.717, 1.165) is 0 Å². The van der Waals surface area contributed by atoms with Crippen LogP contribution in [0.15, 0.2) is 133 Å². The van der Waals surface area contributed by atoms with Gasteiger partial charge in [0.1, 0.15) is 0 Å². The average Bonchev–Trinajstić information content (AvgIpc) is 3.36. The molecule has 0 N–H and O–H groups in total. The van der Waals surface area contributed by atoms with Crippen LogP contribution in [-0.2, 0) is 0 Å². The lowest BCUT2D eigenvalue weighted by Gasteiger charge is -2.40. The fourth-order valence-corrected chi connectivity index (χ4v) is 8.74. The number of rotatable bonds is 1. The highest BCUT2D eigenvalue weighted by atomic mass is 15.2. The summed E-state index contributed by atoms with van der Waals surface area (Å²) < 4.78 is 2.60. The molecule has 0 fully saturated rings. The molecule has 0 atom stereocenters. The smallest absolute Gasteiger partial charge is 0.252 e. The number of aromatic nitrogens is 1. The number of hydrogen-bond acceptors (Lipinski definition) is 1. The van der Waals surface area contributed by atoms with Gasteiger partial charge in [0.25, 0.3) is 6.71 Å². The van der Waals surface area contributed by atoms with Crippen molar-refractivity contribution in [2.75, 3.05) is 4.90 Å². The van der Waals surface area contributed by atoms with Gasteiger partial charge in [-0.25, -0.2) is 0 Å². The van der Waals surface area contributed by atoms with Gasteiger partial charge in [-0.05, 0) is 98.3 Å². The Morgan fingerprint density at radius 2 is 1.23 bits per heavy atom. The van der Waals surface area contributed by atoms with Crippen molar-refractivity contribution in [3.8, 4) is 27.9 Å². The van der Waals surface area contributed by atoms with Crippen molar-refractivity contribution >= 4 is 72.7 Å². The molecule has 202 valence electrons. The average molecular weight is 556 g/mol. The molecule has 7 aromatic carbocycles. The Morgan fingerprint density at radius 1 is 0.500 bits per heavy atom. The monoisotopic (exact) mass is 556 g/mol. The maximum Gasteiger partial charge on any atom is 0.252 e. The summed E-state index contributed by atoms with van der Waals surface area (Å²) in [6.07, 6.45) is 0. The number of aryl methyl sites for hydroxylation is 1. The molecule has 0 bridgehead atoms. The van der Waals surface area contributed by atoms with Crippen molar-refractivity contribution in [3.63, 3.8) is 0 Å². The van der Waals surface area contributed by atoms with Crippen molar-refractivity contribution < 1.29 is 0 Å². The highest BCUT2D eigenvalue weighted by Crippen LogP contribution is 2.50. The molecule has 0 radical (unpaired) electrons. The highest BCUT2D eigenvalue weighted by Gasteiger charge is 2.42. The molecule has 3 heterocycles. The van der Waals surface area contributed by atoms with E-state index in [9.17, 15) is 0 Å². The van der Waals surface area contributed by atoms with Crippen LogP contribution in [0, 0.1) is 6.92 Å². The number of nitrogens with zero attached hydrogens (tertiary/aromatic N) is 2. The lowest BCUT2D eigenvalue weighted by Crippen LogP contribution is -2.60. The molecule has 0 amide bonds. The lowest BCUT2D eigenvalue weighted by molar-refractivity contribution is 1.17. The fourth-order valence-electron chi connectivity index (χ4n) is 8.74. The van der Waals surface area contributed by atoms with E-state index in [-0.39, 0.29) is 6.71 Å². The first-order chi connectivity index (χ1) is 21.8. The summed E-state index contributed by atoms with van der Waals surface area (Å²) in [6.45, 7) is 2.39. The second-order valence-electron chi connectivity index (χ2n) is 12.5. The van der Waals surface area contributed by atoms with E-state index in [1.54, 1.807) is 0 Å². The van der Waals surface area contributed by atoms with Gasteiger partial charge in [-0.2, -0.15) is 0 Å². The fraction of sp³-hybridized carbons (Fsp3) is 0.0244. The van der Waals surface area contributed by atoms with E-state index in [2.05, 4.69) is 150 Å². The third-order valence-corrected chi connectivity index (χ3v) is 10.3. The summed E-state index contributed by atoms with van der Waals surface area (Å²) in [4.78, 5) is 2.48. The van der Waals surface area contributed by atoms with Gasteiger partial charge < -0.3 is 9.47 Å². The Kier molecular flexibility index (Phi) is 4.12.